The highest BCUT2D eigenvalue weighted by Crippen LogP contribution is 2.07. The van der Waals surface area contributed by atoms with Crippen LogP contribution in [-0.2, 0) is 4.74 Å². The minimum atomic E-state index is -2.56. The summed E-state index contributed by atoms with van der Waals surface area (Å²) in [6.45, 7) is -0.822. The molecule has 0 aliphatic heterocycles. The van der Waals surface area contributed by atoms with Crippen molar-refractivity contribution in [2.75, 3.05) is 13.2 Å². The van der Waals surface area contributed by atoms with Crippen LogP contribution in [-0.4, -0.2) is 41.5 Å². The number of ether oxygens (including phenoxy) is 1. The molecule has 0 saturated carbocycles. The van der Waals surface area contributed by atoms with Crippen molar-refractivity contribution < 1.29 is 28.2 Å². The molecular weight excluding hydrogens is 236 g/mol. The number of aromatic carboxylic acids is 1. The van der Waals surface area contributed by atoms with Crippen LogP contribution in [0.4, 0.5) is 8.78 Å². The lowest BCUT2D eigenvalue weighted by molar-refractivity contribution is 0.0170. The molecule has 7 heteroatoms. The largest absolute Gasteiger partial charge is 0.477 e. The molecule has 0 fully saturated rings. The highest BCUT2D eigenvalue weighted by Gasteiger charge is 2.12. The number of aromatic amines is 1. The zero-order chi connectivity index (χ0) is 12.8. The van der Waals surface area contributed by atoms with Crippen molar-refractivity contribution in [2.45, 2.75) is 12.8 Å². The molecule has 1 aromatic heterocycles. The van der Waals surface area contributed by atoms with Gasteiger partial charge in [-0.25, -0.2) is 13.6 Å². The summed E-state index contributed by atoms with van der Waals surface area (Å²) in [5, 5.41) is 8.60. The fraction of sp³-hybridized carbons (Fsp3) is 0.400. The maximum Gasteiger partial charge on any atom is 0.352 e. The Labute approximate surface area is 95.4 Å². The van der Waals surface area contributed by atoms with Crippen molar-refractivity contribution in [2.24, 2.45) is 0 Å². The molecule has 0 radical (unpaired) electrons. The second-order valence-corrected chi connectivity index (χ2v) is 3.25. The van der Waals surface area contributed by atoms with E-state index < -0.39 is 19.0 Å². The average Bonchev–Trinajstić information content (AvgIpc) is 2.73. The monoisotopic (exact) mass is 247 g/mol. The van der Waals surface area contributed by atoms with Gasteiger partial charge in [-0.05, 0) is 6.07 Å². The third kappa shape index (κ3) is 4.31. The number of carboxylic acids is 1. The van der Waals surface area contributed by atoms with Crippen molar-refractivity contribution >= 4 is 11.8 Å². The molecule has 0 atom stereocenters. The summed E-state index contributed by atoms with van der Waals surface area (Å²) in [5.74, 6) is -1.53. The minimum absolute atomic E-state index is 0.0658. The van der Waals surface area contributed by atoms with E-state index in [1.807, 2.05) is 0 Å². The number of halogens is 2. The first kappa shape index (κ1) is 13.3. The van der Waals surface area contributed by atoms with E-state index >= 15 is 0 Å². The zero-order valence-corrected chi connectivity index (χ0v) is 8.78. The predicted molar refractivity (Wildman–Crippen MR) is 53.5 cm³/mol. The molecule has 0 aromatic carbocycles. The minimum Gasteiger partial charge on any atom is -0.477 e. The number of Topliss-reactive ketones (excluding diaryl/α,β-unsaturated/α-hetero) is 1. The van der Waals surface area contributed by atoms with Crippen LogP contribution in [0.1, 0.15) is 27.3 Å². The van der Waals surface area contributed by atoms with Gasteiger partial charge in [0.15, 0.2) is 5.78 Å². The number of H-pyrrole nitrogens is 1. The quantitative estimate of drug-likeness (QED) is 0.566. The van der Waals surface area contributed by atoms with Gasteiger partial charge in [0, 0.05) is 18.2 Å². The number of rotatable bonds is 7. The number of alkyl halides is 2. The molecule has 0 spiro atoms. The van der Waals surface area contributed by atoms with Crippen molar-refractivity contribution in [3.8, 4) is 0 Å². The molecule has 0 aliphatic rings. The fourth-order valence-corrected chi connectivity index (χ4v) is 1.16. The van der Waals surface area contributed by atoms with E-state index in [2.05, 4.69) is 9.72 Å². The van der Waals surface area contributed by atoms with Crippen LogP contribution in [0.2, 0.25) is 0 Å². The van der Waals surface area contributed by atoms with Gasteiger partial charge < -0.3 is 14.8 Å². The van der Waals surface area contributed by atoms with Gasteiger partial charge in [0.2, 0.25) is 0 Å². The summed E-state index contributed by atoms with van der Waals surface area (Å²) in [6, 6.07) is 1.19. The Morgan fingerprint density at radius 1 is 1.47 bits per heavy atom. The molecule has 0 aliphatic carbocycles. The first-order valence-electron chi connectivity index (χ1n) is 4.81. The van der Waals surface area contributed by atoms with Crippen LogP contribution < -0.4 is 0 Å². The van der Waals surface area contributed by atoms with Gasteiger partial charge in [-0.2, -0.15) is 0 Å². The second kappa shape index (κ2) is 6.09. The summed E-state index contributed by atoms with van der Waals surface area (Å²) in [4.78, 5) is 24.4. The topological polar surface area (TPSA) is 79.4 Å². The first-order chi connectivity index (χ1) is 8.00. The average molecular weight is 247 g/mol. The van der Waals surface area contributed by atoms with E-state index in [4.69, 9.17) is 5.11 Å². The van der Waals surface area contributed by atoms with Crippen molar-refractivity contribution in [3.63, 3.8) is 0 Å². The van der Waals surface area contributed by atoms with E-state index in [9.17, 15) is 18.4 Å². The van der Waals surface area contributed by atoms with Crippen molar-refractivity contribution in [1.29, 1.82) is 0 Å². The molecule has 1 aromatic rings. The smallest absolute Gasteiger partial charge is 0.352 e. The van der Waals surface area contributed by atoms with E-state index in [-0.39, 0.29) is 30.1 Å². The number of carbonyl (C=O) groups excluding carboxylic acids is 1. The molecular formula is C10H11F2NO4. The first-order valence-corrected chi connectivity index (χ1v) is 4.81. The Balaban J connectivity index is 2.39. The predicted octanol–water partition coefficient (Wildman–Crippen LogP) is 1.57. The molecule has 0 amide bonds. The van der Waals surface area contributed by atoms with Crippen molar-refractivity contribution in [1.82, 2.24) is 4.98 Å². The maximum absolute atomic E-state index is 11.7. The number of aromatic nitrogens is 1. The molecule has 0 saturated heterocycles. The standard InChI is InChI=1S/C10H11F2NO4/c11-9(12)5-17-2-1-8(14)6-3-7(10(15)16)13-4-6/h3-4,9,13H,1-2,5H2,(H,15,16). The van der Waals surface area contributed by atoms with Crippen molar-refractivity contribution in [3.05, 3.63) is 23.5 Å². The van der Waals surface area contributed by atoms with Gasteiger partial charge in [0.25, 0.3) is 6.43 Å². The van der Waals surface area contributed by atoms with Crippen LogP contribution in [0.15, 0.2) is 12.3 Å². The number of carboxylic acid groups (broad SMARTS) is 1. The molecule has 2 N–H and O–H groups in total. The summed E-state index contributed by atoms with van der Waals surface area (Å²) >= 11 is 0. The lowest BCUT2D eigenvalue weighted by atomic mass is 10.1. The Morgan fingerprint density at radius 2 is 2.18 bits per heavy atom. The van der Waals surface area contributed by atoms with Gasteiger partial charge in [-0.15, -0.1) is 0 Å². The van der Waals surface area contributed by atoms with Gasteiger partial charge in [0.1, 0.15) is 12.3 Å². The third-order valence-corrected chi connectivity index (χ3v) is 1.95. The van der Waals surface area contributed by atoms with E-state index in [1.165, 1.54) is 12.3 Å². The van der Waals surface area contributed by atoms with Gasteiger partial charge in [0.05, 0.1) is 6.61 Å². The van der Waals surface area contributed by atoms with E-state index in [0.717, 1.165) is 0 Å². The summed E-state index contributed by atoms with van der Waals surface area (Å²) in [5.41, 5.74) is 0.102. The van der Waals surface area contributed by atoms with E-state index in [1.54, 1.807) is 0 Å². The Kier molecular flexibility index (Phi) is 4.77. The van der Waals surface area contributed by atoms with Crippen LogP contribution in [0, 0.1) is 0 Å². The Morgan fingerprint density at radius 3 is 2.71 bits per heavy atom. The highest BCUT2D eigenvalue weighted by molar-refractivity contribution is 5.98. The summed E-state index contributed by atoms with van der Waals surface area (Å²) in [6.07, 6.45) is -1.36. The Bertz CT molecular complexity index is 403. The van der Waals surface area contributed by atoms with Gasteiger partial charge in [-0.3, -0.25) is 4.79 Å². The number of hydrogen-bond donors (Lipinski definition) is 2. The molecule has 0 bridgehead atoms. The number of ketones is 1. The molecule has 0 unspecified atom stereocenters. The summed E-state index contributed by atoms with van der Waals surface area (Å²) < 4.78 is 27.9. The maximum atomic E-state index is 11.7. The second-order valence-electron chi connectivity index (χ2n) is 3.25. The SMILES string of the molecule is O=C(CCOCC(F)F)c1c[nH]c(C(=O)O)c1. The third-order valence-electron chi connectivity index (χ3n) is 1.95. The fourth-order valence-electron chi connectivity index (χ4n) is 1.16. The molecule has 5 nitrogen and oxygen atoms in total. The summed E-state index contributed by atoms with van der Waals surface area (Å²) in [7, 11) is 0. The van der Waals surface area contributed by atoms with Gasteiger partial charge in [-0.1, -0.05) is 0 Å². The lowest BCUT2D eigenvalue weighted by Gasteiger charge is -2.01. The van der Waals surface area contributed by atoms with Crippen LogP contribution in [0.5, 0.6) is 0 Å². The molecule has 94 valence electrons. The zero-order valence-electron chi connectivity index (χ0n) is 8.78. The normalized spacial score (nSPS) is 10.8. The highest BCUT2D eigenvalue weighted by atomic mass is 19.3. The van der Waals surface area contributed by atoms with Crippen LogP contribution in [0.3, 0.4) is 0 Å². The van der Waals surface area contributed by atoms with Crippen LogP contribution >= 0.6 is 0 Å². The number of carbonyl (C=O) groups is 2. The number of hydrogen-bond acceptors (Lipinski definition) is 3. The molecule has 1 heterocycles. The van der Waals surface area contributed by atoms with E-state index in [0.29, 0.717) is 0 Å². The van der Waals surface area contributed by atoms with Crippen LogP contribution in [0.25, 0.3) is 0 Å². The number of nitrogens with one attached hydrogen (secondary N) is 1. The van der Waals surface area contributed by atoms with Gasteiger partial charge >= 0.3 is 5.97 Å². The Hall–Kier alpha value is -1.76. The molecule has 1 rings (SSSR count). The lowest BCUT2D eigenvalue weighted by Crippen LogP contribution is -2.09. The molecule has 17 heavy (non-hydrogen) atoms.